The van der Waals surface area contributed by atoms with Crippen LogP contribution in [0.15, 0.2) is 91.0 Å². The van der Waals surface area contributed by atoms with Gasteiger partial charge in [-0.1, -0.05) is 91.0 Å². The molecule has 3 N–H and O–H groups in total. The van der Waals surface area contributed by atoms with Gasteiger partial charge in [-0.25, -0.2) is 0 Å². The first kappa shape index (κ1) is 19.8. The number of carboxylic acids is 1. The van der Waals surface area contributed by atoms with Crippen molar-refractivity contribution in [3.63, 3.8) is 0 Å². The van der Waals surface area contributed by atoms with Gasteiger partial charge in [0.1, 0.15) is 0 Å². The minimum atomic E-state index is -1.02. The summed E-state index contributed by atoms with van der Waals surface area (Å²) in [6.07, 6.45) is -0.968. The predicted molar refractivity (Wildman–Crippen MR) is 110 cm³/mol. The van der Waals surface area contributed by atoms with Crippen molar-refractivity contribution < 1.29 is 15.0 Å². The van der Waals surface area contributed by atoms with Crippen LogP contribution < -0.4 is 5.32 Å². The normalized spacial score (nSPS) is 13.6. The molecule has 0 fully saturated rings. The first-order valence-electron chi connectivity index (χ1n) is 9.38. The molecular formula is C24H25NO3. The lowest BCUT2D eigenvalue weighted by molar-refractivity contribution is -0.145. The maximum Gasteiger partial charge on any atom is 0.310 e. The molecule has 3 aromatic rings. The average molecular weight is 375 g/mol. The molecule has 0 spiro atoms. The Morgan fingerprint density at radius 3 is 1.46 bits per heavy atom. The highest BCUT2D eigenvalue weighted by Gasteiger charge is 2.37. The van der Waals surface area contributed by atoms with E-state index in [9.17, 15) is 15.0 Å². The number of hydrogen-bond donors (Lipinski definition) is 3. The van der Waals surface area contributed by atoms with Crippen LogP contribution in [-0.2, 0) is 10.3 Å². The van der Waals surface area contributed by atoms with Crippen molar-refractivity contribution in [3.8, 4) is 0 Å². The molecule has 0 bridgehead atoms. The summed E-state index contributed by atoms with van der Waals surface area (Å²) >= 11 is 0. The molecule has 4 heteroatoms. The van der Waals surface area contributed by atoms with E-state index in [4.69, 9.17) is 0 Å². The summed E-state index contributed by atoms with van der Waals surface area (Å²) in [4.78, 5) is 11.7. The standard InChI is InChI=1S/C24H25NO3/c1-18(26)22(23(27)28)17-25-24(19-11-5-2-6-12-19,20-13-7-3-8-14-20)21-15-9-4-10-16-21/h2-16,18,22,25-26H,17H2,1H3,(H,27,28)/t18-,22+/m1/s1. The van der Waals surface area contributed by atoms with Gasteiger partial charge in [-0.2, -0.15) is 0 Å². The molecule has 4 nitrogen and oxygen atoms in total. The van der Waals surface area contributed by atoms with E-state index in [1.807, 2.05) is 91.0 Å². The minimum absolute atomic E-state index is 0.117. The fourth-order valence-electron chi connectivity index (χ4n) is 3.60. The fourth-order valence-corrected chi connectivity index (χ4v) is 3.60. The number of nitrogens with one attached hydrogen (secondary N) is 1. The Kier molecular flexibility index (Phi) is 6.24. The first-order chi connectivity index (χ1) is 13.6. The highest BCUT2D eigenvalue weighted by atomic mass is 16.4. The van der Waals surface area contributed by atoms with Crippen molar-refractivity contribution in [2.24, 2.45) is 5.92 Å². The summed E-state index contributed by atoms with van der Waals surface area (Å²) in [5.74, 6) is -1.94. The Morgan fingerprint density at radius 1 is 0.821 bits per heavy atom. The van der Waals surface area contributed by atoms with Crippen molar-refractivity contribution in [1.82, 2.24) is 5.32 Å². The summed E-state index contributed by atoms with van der Waals surface area (Å²) in [5.41, 5.74) is 2.26. The van der Waals surface area contributed by atoms with Crippen LogP contribution in [0.4, 0.5) is 0 Å². The van der Waals surface area contributed by atoms with Crippen LogP contribution in [0, 0.1) is 5.92 Å². The monoisotopic (exact) mass is 375 g/mol. The second kappa shape index (κ2) is 8.83. The fraction of sp³-hybridized carbons (Fsp3) is 0.208. The summed E-state index contributed by atoms with van der Waals surface area (Å²) < 4.78 is 0. The van der Waals surface area contributed by atoms with Gasteiger partial charge >= 0.3 is 5.97 Å². The molecule has 0 heterocycles. The van der Waals surface area contributed by atoms with E-state index in [1.165, 1.54) is 6.92 Å². The highest BCUT2D eigenvalue weighted by Crippen LogP contribution is 2.36. The van der Waals surface area contributed by atoms with Gasteiger partial charge in [-0.3, -0.25) is 10.1 Å². The van der Waals surface area contributed by atoms with Crippen LogP contribution in [0.3, 0.4) is 0 Å². The summed E-state index contributed by atoms with van der Waals surface area (Å²) in [6.45, 7) is 1.63. The molecule has 0 saturated carbocycles. The van der Waals surface area contributed by atoms with Crippen LogP contribution in [0.5, 0.6) is 0 Å². The van der Waals surface area contributed by atoms with Gasteiger partial charge in [-0.15, -0.1) is 0 Å². The second-order valence-electron chi connectivity index (χ2n) is 6.91. The van der Waals surface area contributed by atoms with Crippen molar-refractivity contribution in [1.29, 1.82) is 0 Å². The third-order valence-electron chi connectivity index (χ3n) is 5.11. The van der Waals surface area contributed by atoms with Crippen LogP contribution in [0.1, 0.15) is 23.6 Å². The molecule has 0 amide bonds. The van der Waals surface area contributed by atoms with Crippen molar-refractivity contribution in [2.75, 3.05) is 6.54 Å². The highest BCUT2D eigenvalue weighted by molar-refractivity contribution is 5.71. The van der Waals surface area contributed by atoms with Crippen molar-refractivity contribution in [2.45, 2.75) is 18.6 Å². The molecule has 3 aromatic carbocycles. The summed E-state index contributed by atoms with van der Waals surface area (Å²) in [7, 11) is 0. The Balaban J connectivity index is 2.18. The number of rotatable bonds is 8. The van der Waals surface area contributed by atoms with Crippen molar-refractivity contribution in [3.05, 3.63) is 108 Å². The Bertz CT molecular complexity index is 783. The lowest BCUT2D eigenvalue weighted by atomic mass is 9.76. The maximum atomic E-state index is 11.7. The van der Waals surface area contributed by atoms with Gasteiger partial charge in [0.15, 0.2) is 0 Å². The number of aliphatic hydroxyl groups is 1. The van der Waals surface area contributed by atoms with E-state index in [1.54, 1.807) is 0 Å². The predicted octanol–water partition coefficient (Wildman–Crippen LogP) is 3.65. The average Bonchev–Trinajstić information content (AvgIpc) is 2.73. The van der Waals surface area contributed by atoms with E-state index < -0.39 is 23.5 Å². The molecule has 0 aliphatic carbocycles. The molecule has 0 aliphatic heterocycles. The molecule has 0 aromatic heterocycles. The number of aliphatic carboxylic acids is 1. The van der Waals surface area contributed by atoms with Gasteiger partial charge in [0, 0.05) is 6.54 Å². The number of benzene rings is 3. The van der Waals surface area contributed by atoms with Crippen molar-refractivity contribution >= 4 is 5.97 Å². The van der Waals surface area contributed by atoms with Gasteiger partial charge in [0.05, 0.1) is 17.6 Å². The van der Waals surface area contributed by atoms with Crippen LogP contribution in [0.2, 0.25) is 0 Å². The zero-order valence-corrected chi connectivity index (χ0v) is 15.8. The Labute approximate surface area is 165 Å². The lowest BCUT2D eigenvalue weighted by Gasteiger charge is -2.38. The number of carboxylic acid groups (broad SMARTS) is 1. The zero-order valence-electron chi connectivity index (χ0n) is 15.8. The van der Waals surface area contributed by atoms with Gasteiger partial charge in [0.25, 0.3) is 0 Å². The summed E-state index contributed by atoms with van der Waals surface area (Å²) in [6, 6.07) is 29.9. The van der Waals surface area contributed by atoms with E-state index in [-0.39, 0.29) is 6.54 Å². The molecule has 28 heavy (non-hydrogen) atoms. The molecule has 0 saturated heterocycles. The smallest absolute Gasteiger partial charge is 0.310 e. The van der Waals surface area contributed by atoms with E-state index >= 15 is 0 Å². The Morgan fingerprint density at radius 2 is 1.18 bits per heavy atom. The Hall–Kier alpha value is -2.95. The second-order valence-corrected chi connectivity index (χ2v) is 6.91. The molecule has 0 unspecified atom stereocenters. The maximum absolute atomic E-state index is 11.7. The topological polar surface area (TPSA) is 69.6 Å². The SMILES string of the molecule is C[C@@H](O)[C@H](CNC(c1ccccc1)(c1ccccc1)c1ccccc1)C(=O)O. The molecule has 2 atom stereocenters. The lowest BCUT2D eigenvalue weighted by Crippen LogP contribution is -2.49. The first-order valence-corrected chi connectivity index (χ1v) is 9.38. The van der Waals surface area contributed by atoms with E-state index in [0.717, 1.165) is 16.7 Å². The molecule has 144 valence electrons. The van der Waals surface area contributed by atoms with Gasteiger partial charge in [0.2, 0.25) is 0 Å². The quantitative estimate of drug-likeness (QED) is 0.526. The molecule has 0 radical (unpaired) electrons. The largest absolute Gasteiger partial charge is 0.481 e. The number of carbonyl (C=O) groups is 1. The van der Waals surface area contributed by atoms with Crippen LogP contribution in [-0.4, -0.2) is 28.8 Å². The van der Waals surface area contributed by atoms with Gasteiger partial charge in [-0.05, 0) is 23.6 Å². The molecule has 3 rings (SSSR count). The van der Waals surface area contributed by atoms with E-state index in [0.29, 0.717) is 0 Å². The number of hydrogen-bond acceptors (Lipinski definition) is 3. The van der Waals surface area contributed by atoms with Crippen LogP contribution >= 0.6 is 0 Å². The van der Waals surface area contributed by atoms with E-state index in [2.05, 4.69) is 5.32 Å². The molecule has 0 aliphatic rings. The molecular weight excluding hydrogens is 350 g/mol. The minimum Gasteiger partial charge on any atom is -0.481 e. The third kappa shape index (κ3) is 3.98. The number of aliphatic hydroxyl groups excluding tert-OH is 1. The third-order valence-corrected chi connectivity index (χ3v) is 5.11. The van der Waals surface area contributed by atoms with Gasteiger partial charge < -0.3 is 10.2 Å². The summed E-state index contributed by atoms with van der Waals surface area (Å²) in [5, 5.41) is 23.0. The zero-order chi connectivity index (χ0) is 20.0. The van der Waals surface area contributed by atoms with Crippen LogP contribution in [0.25, 0.3) is 0 Å².